The van der Waals surface area contributed by atoms with E-state index in [1.807, 2.05) is 0 Å². The van der Waals surface area contributed by atoms with Crippen molar-refractivity contribution in [1.82, 2.24) is 47.2 Å². The van der Waals surface area contributed by atoms with Crippen LogP contribution in [-0.4, -0.2) is 283 Å². The van der Waals surface area contributed by atoms with Crippen LogP contribution in [0.25, 0.3) is 0 Å². The predicted octanol–water partition coefficient (Wildman–Crippen LogP) is -3.84. The van der Waals surface area contributed by atoms with Gasteiger partial charge in [0.15, 0.2) is 5.96 Å². The van der Waals surface area contributed by atoms with Crippen LogP contribution in [0.1, 0.15) is 210 Å². The Labute approximate surface area is 737 Å². The summed E-state index contributed by atoms with van der Waals surface area (Å²) >= 11 is 0. The molecule has 0 spiro atoms. The number of carbonyl (C=O) groups is 17. The summed E-state index contributed by atoms with van der Waals surface area (Å²) < 4.78 is 48.6. The molecule has 47 nitrogen and oxygen atoms in total. The van der Waals surface area contributed by atoms with Gasteiger partial charge in [0, 0.05) is 57.0 Å². The van der Waals surface area contributed by atoms with Gasteiger partial charge in [-0.05, 0) is 172 Å². The molecule has 7 amide bonds. The molecule has 0 radical (unpaired) electrons. The van der Waals surface area contributed by atoms with Gasteiger partial charge in [0.1, 0.15) is 30.2 Å². The van der Waals surface area contributed by atoms with E-state index in [9.17, 15) is 81.5 Å². The summed E-state index contributed by atoms with van der Waals surface area (Å²) in [6.07, 6.45) is 10.3. The van der Waals surface area contributed by atoms with Gasteiger partial charge in [-0.1, -0.05) is 19.3 Å². The zero-order valence-electron chi connectivity index (χ0n) is 75.0. The maximum Gasteiger partial charge on any atom is 0.328 e. The second kappa shape index (κ2) is 78.8. The number of aromatic nitrogens is 2. The first-order chi connectivity index (χ1) is 59.9. The molecule has 1 heterocycles. The Morgan fingerprint density at radius 3 is 0.817 bits per heavy atom. The maximum absolute atomic E-state index is 12.2. The molecule has 1 aromatic heterocycles. The van der Waals surface area contributed by atoms with Crippen LogP contribution in [0, 0.1) is 0 Å². The van der Waals surface area contributed by atoms with Crippen LogP contribution in [-0.2, 0) is 135 Å². The minimum absolute atomic E-state index is 0.00656. The topological polar surface area (TPSA) is 768 Å². The van der Waals surface area contributed by atoms with E-state index >= 15 is 0 Å². The quantitative estimate of drug-likeness (QED) is 0.00976. The number of nitrogens with zero attached hydrogens (tertiary/aromatic N) is 2. The molecule has 1 rings (SSSR count). The second-order valence-electron chi connectivity index (χ2n) is 27.0. The average molecular weight is 1810 g/mol. The van der Waals surface area contributed by atoms with Crippen molar-refractivity contribution in [3.05, 3.63) is 18.2 Å². The normalized spacial score (nSPS) is 12.7. The fourth-order valence-electron chi connectivity index (χ4n) is 10.2. The first-order valence-corrected chi connectivity index (χ1v) is 42.5. The van der Waals surface area contributed by atoms with Gasteiger partial charge in [-0.25, -0.2) is 29.0 Å². The van der Waals surface area contributed by atoms with Gasteiger partial charge in [0.05, 0.1) is 116 Å². The number of carbonyl (C=O) groups excluding carboxylic acids is 17. The van der Waals surface area contributed by atoms with E-state index in [0.717, 1.165) is 38.5 Å². The Morgan fingerprint density at radius 1 is 0.333 bits per heavy atom. The SMILES string of the molecule is CCOC(=O)CCC(NC(=O)C(N)CCCCN)C(=O)OCC.CCOC(=O)CCC(NC(=O)C(N)CCCN=C(N)N)C(=O)OCC.CCOC(=O)CCC(NC(=O)C(N)Cc1cnc[nH]1)C(=O)OCC.CCOC(=O)CCC(NC(=O)CNC(=O)C(N)CCCCN)C(=O)OCC.CCOC(=O)CCC(NC(=O)CNC(=O)C(N)CCCCN)C(=O)OCC. The number of rotatable bonds is 62. The summed E-state index contributed by atoms with van der Waals surface area (Å²) in [7, 11) is 0. The molecule has 0 fully saturated rings. The van der Waals surface area contributed by atoms with Gasteiger partial charge >= 0.3 is 59.7 Å². The van der Waals surface area contributed by atoms with Crippen LogP contribution < -0.4 is 94.6 Å². The Kier molecular flexibility index (Phi) is 76.0. The van der Waals surface area contributed by atoms with E-state index in [4.69, 9.17) is 105 Å². The zero-order valence-corrected chi connectivity index (χ0v) is 75.0. The molecule has 126 heavy (non-hydrogen) atoms. The molecule has 0 saturated heterocycles. The largest absolute Gasteiger partial charge is 0.466 e. The van der Waals surface area contributed by atoms with Crippen molar-refractivity contribution >= 4 is 107 Å². The Bertz CT molecular complexity index is 3240. The second-order valence-corrected chi connectivity index (χ2v) is 27.0. The lowest BCUT2D eigenvalue weighted by Gasteiger charge is -2.19. The van der Waals surface area contributed by atoms with Gasteiger partial charge in [-0.2, -0.15) is 0 Å². The summed E-state index contributed by atoms with van der Waals surface area (Å²) in [6, 6.07) is -8.68. The molecule has 1 aromatic rings. The molecule has 10 atom stereocenters. The molecule has 0 aliphatic carbocycles. The van der Waals surface area contributed by atoms with Crippen LogP contribution in [0.3, 0.4) is 0 Å². The summed E-state index contributed by atoms with van der Waals surface area (Å²) in [6.45, 7) is 20.0. The van der Waals surface area contributed by atoms with Crippen molar-refractivity contribution in [2.24, 2.45) is 62.3 Å². The minimum Gasteiger partial charge on any atom is -0.466 e. The molecular formula is C79H146N20O27. The number of nitrogens with one attached hydrogen (secondary N) is 8. The van der Waals surface area contributed by atoms with Gasteiger partial charge < -0.3 is 147 Å². The minimum atomic E-state index is -1.00. The van der Waals surface area contributed by atoms with E-state index in [0.29, 0.717) is 64.0 Å². The summed E-state index contributed by atoms with van der Waals surface area (Å²) in [5.41, 5.74) is 56.1. The number of hydrogen-bond acceptors (Lipinski definition) is 37. The van der Waals surface area contributed by atoms with Gasteiger partial charge in [-0.3, -0.25) is 62.5 Å². The van der Waals surface area contributed by atoms with Crippen molar-refractivity contribution in [2.75, 3.05) is 105 Å². The van der Waals surface area contributed by atoms with Crippen LogP contribution in [0.15, 0.2) is 17.5 Å². The molecule has 10 unspecified atom stereocenters. The highest BCUT2D eigenvalue weighted by Gasteiger charge is 2.31. The molecule has 724 valence electrons. The lowest BCUT2D eigenvalue weighted by atomic mass is 10.1. The maximum atomic E-state index is 12.2. The van der Waals surface area contributed by atoms with Crippen LogP contribution in [0.2, 0.25) is 0 Å². The number of H-pyrrole nitrogens is 1. The van der Waals surface area contributed by atoms with E-state index in [1.54, 1.807) is 75.4 Å². The van der Waals surface area contributed by atoms with E-state index in [1.165, 1.54) is 6.33 Å². The number of unbranched alkanes of at least 4 members (excludes halogenated alkanes) is 3. The monoisotopic (exact) mass is 1810 g/mol. The molecule has 0 aromatic carbocycles. The number of amides is 7. The molecule has 47 heteroatoms. The summed E-state index contributed by atoms with van der Waals surface area (Å²) in [4.78, 5) is 211. The molecule has 0 aliphatic heterocycles. The standard InChI is InChI=1S/2C17H32N4O6.C15H29N5O5.C15H24N4O5.C15H29N3O5/c2*1-3-26-15(23)9-8-13(17(25)27-4-2)21-14(22)11-20-16(24)12(19)7-5-6-10-18;1-3-24-12(21)8-7-11(14(23)25-4-2)20-13(22)10(16)6-5-9-19-15(17)18;1-3-23-13(20)6-5-12(15(22)24-4-2)19-14(21)11(16)7-10-8-17-9-18-10;1-3-22-13(19)9-8-12(15(21)23-4-2)18-14(20)11(17)7-5-6-10-16/h2*12-13H,3-11,18-19H2,1-2H3,(H,20,24)(H,21,22);10-11H,3-9,16H2,1-2H3,(H,20,22)(H4,17,18,19);8-9,11-12H,3-7,16H2,1-2H3,(H,17,18)(H,19,21);11-12H,3-10,16-17H2,1-2H3,(H,18,20). The summed E-state index contributed by atoms with van der Waals surface area (Å²) in [5.74, 6) is -8.95. The van der Waals surface area contributed by atoms with Crippen molar-refractivity contribution in [1.29, 1.82) is 0 Å². The molecule has 28 N–H and O–H groups in total. The lowest BCUT2D eigenvalue weighted by Crippen LogP contribution is -2.49. The highest BCUT2D eigenvalue weighted by atomic mass is 16.6. The van der Waals surface area contributed by atoms with Gasteiger partial charge in [-0.15, -0.1) is 0 Å². The molecular weight excluding hydrogens is 1660 g/mol. The lowest BCUT2D eigenvalue weighted by molar-refractivity contribution is -0.150. The number of aromatic amines is 1. The van der Waals surface area contributed by atoms with Gasteiger partial charge in [0.2, 0.25) is 41.4 Å². The molecule has 0 saturated carbocycles. The molecule has 0 aliphatic rings. The van der Waals surface area contributed by atoms with E-state index in [2.05, 4.69) is 52.2 Å². The van der Waals surface area contributed by atoms with Crippen LogP contribution in [0.4, 0.5) is 0 Å². The number of imidazole rings is 1. The first kappa shape index (κ1) is 121. The van der Waals surface area contributed by atoms with Crippen LogP contribution in [0.5, 0.6) is 0 Å². The zero-order chi connectivity index (χ0) is 96.2. The van der Waals surface area contributed by atoms with Crippen molar-refractivity contribution in [2.45, 2.75) is 271 Å². The highest BCUT2D eigenvalue weighted by molar-refractivity contribution is 5.93. The van der Waals surface area contributed by atoms with Crippen molar-refractivity contribution in [3.63, 3.8) is 0 Å². The van der Waals surface area contributed by atoms with Crippen LogP contribution >= 0.6 is 0 Å². The number of ether oxygens (including phenoxy) is 10. The Hall–Kier alpha value is -10.8. The third-order valence-electron chi connectivity index (χ3n) is 16.6. The highest BCUT2D eigenvalue weighted by Crippen LogP contribution is 2.11. The van der Waals surface area contributed by atoms with Crippen molar-refractivity contribution in [3.8, 4) is 0 Å². The average Bonchev–Trinajstić information content (AvgIpc) is 1.30. The third-order valence-corrected chi connectivity index (χ3v) is 16.6. The number of guanidine groups is 1. The first-order valence-electron chi connectivity index (χ1n) is 42.5. The van der Waals surface area contributed by atoms with Crippen molar-refractivity contribution < 1.29 is 129 Å². The number of esters is 10. The predicted molar refractivity (Wildman–Crippen MR) is 459 cm³/mol. The fourth-order valence-corrected chi connectivity index (χ4v) is 10.2. The number of hydrogen-bond donors (Lipinski definition) is 18. The Morgan fingerprint density at radius 2 is 0.579 bits per heavy atom. The third kappa shape index (κ3) is 65.7. The van der Waals surface area contributed by atoms with E-state index in [-0.39, 0.29) is 156 Å². The van der Waals surface area contributed by atoms with E-state index < -0.39 is 161 Å². The number of nitrogens with two attached hydrogens (primary N) is 10. The fraction of sp³-hybridized carbons (Fsp3) is 0.734. The smallest absolute Gasteiger partial charge is 0.328 e. The molecule has 0 bridgehead atoms. The number of aliphatic imine (C=N–C) groups is 1. The van der Waals surface area contributed by atoms with Gasteiger partial charge in [0.25, 0.3) is 0 Å². The Balaban J connectivity index is -0.000000739. The summed E-state index contributed by atoms with van der Waals surface area (Å²) in [5, 5.41) is 17.3.